The molecule has 0 aliphatic carbocycles. The van der Waals surface area contributed by atoms with Crippen molar-refractivity contribution in [3.8, 4) is 5.75 Å². The predicted octanol–water partition coefficient (Wildman–Crippen LogP) is 5.95. The van der Waals surface area contributed by atoms with Gasteiger partial charge in [0, 0.05) is 16.5 Å². The number of amides is 4. The second-order valence-corrected chi connectivity index (χ2v) is 9.94. The largest absolute Gasteiger partial charge is 0.496 e. The summed E-state index contributed by atoms with van der Waals surface area (Å²) < 4.78 is 6.46. The van der Waals surface area contributed by atoms with E-state index in [-0.39, 0.29) is 5.57 Å². The lowest BCUT2D eigenvalue weighted by Gasteiger charge is -2.27. The third kappa shape index (κ3) is 5.11. The summed E-state index contributed by atoms with van der Waals surface area (Å²) in [7, 11) is 1.59. The fourth-order valence-corrected chi connectivity index (χ4v) is 4.97. The molecule has 6 nitrogen and oxygen atoms in total. The number of hydrogen-bond acceptors (Lipinski definition) is 4. The number of nitrogens with zero attached hydrogens (tertiary/aromatic N) is 1. The number of imide groups is 2. The van der Waals surface area contributed by atoms with Crippen molar-refractivity contribution in [3.63, 3.8) is 0 Å². The van der Waals surface area contributed by atoms with E-state index in [1.165, 1.54) is 17.2 Å². The highest BCUT2D eigenvalue weighted by atomic mass is 79.9. The van der Waals surface area contributed by atoms with Gasteiger partial charge >= 0.3 is 6.03 Å². The molecule has 0 unspecified atom stereocenters. The van der Waals surface area contributed by atoms with Crippen LogP contribution >= 0.6 is 15.9 Å². The monoisotopic (exact) mass is 546 g/mol. The Morgan fingerprint density at radius 2 is 1.61 bits per heavy atom. The molecule has 1 aliphatic heterocycles. The van der Waals surface area contributed by atoms with Crippen LogP contribution in [0.3, 0.4) is 0 Å². The summed E-state index contributed by atoms with van der Waals surface area (Å²) in [6.07, 6.45) is 2.13. The molecule has 0 saturated carbocycles. The lowest BCUT2D eigenvalue weighted by Crippen LogP contribution is -2.54. The third-order valence-corrected chi connectivity index (χ3v) is 6.93. The van der Waals surface area contributed by atoms with Crippen LogP contribution in [0.25, 0.3) is 6.08 Å². The number of carbonyl (C=O) groups is 3. The zero-order chi connectivity index (χ0) is 26.1. The Bertz CT molecular complexity index is 1420. The molecule has 0 radical (unpaired) electrons. The van der Waals surface area contributed by atoms with E-state index in [1.54, 1.807) is 25.3 Å². The van der Waals surface area contributed by atoms with E-state index in [2.05, 4.69) is 53.3 Å². The molecule has 1 N–H and O–H groups in total. The lowest BCUT2D eigenvalue weighted by molar-refractivity contribution is -0.122. The van der Waals surface area contributed by atoms with Crippen LogP contribution in [0.5, 0.6) is 5.75 Å². The molecule has 4 amide bonds. The summed E-state index contributed by atoms with van der Waals surface area (Å²) in [6.45, 7) is 7.98. The molecule has 3 aromatic carbocycles. The number of nitrogens with one attached hydrogen (secondary N) is 1. The molecule has 4 rings (SSSR count). The van der Waals surface area contributed by atoms with Gasteiger partial charge in [-0.25, -0.2) is 9.69 Å². The lowest BCUT2D eigenvalue weighted by atomic mass is 9.98. The van der Waals surface area contributed by atoms with Crippen molar-refractivity contribution in [2.45, 2.75) is 34.1 Å². The van der Waals surface area contributed by atoms with Gasteiger partial charge in [-0.15, -0.1) is 0 Å². The summed E-state index contributed by atoms with van der Waals surface area (Å²) >= 11 is 3.64. The quantitative estimate of drug-likeness (QED) is 0.317. The van der Waals surface area contributed by atoms with Crippen molar-refractivity contribution in [2.24, 2.45) is 0 Å². The first kappa shape index (κ1) is 25.4. The zero-order valence-corrected chi connectivity index (χ0v) is 22.4. The molecule has 184 valence electrons. The van der Waals surface area contributed by atoms with Crippen molar-refractivity contribution in [1.29, 1.82) is 0 Å². The van der Waals surface area contributed by atoms with Crippen molar-refractivity contribution in [1.82, 2.24) is 5.32 Å². The highest BCUT2D eigenvalue weighted by molar-refractivity contribution is 9.10. The third-order valence-electron chi connectivity index (χ3n) is 6.22. The van der Waals surface area contributed by atoms with Crippen molar-refractivity contribution in [3.05, 3.63) is 97.5 Å². The van der Waals surface area contributed by atoms with Gasteiger partial charge in [-0.2, -0.15) is 0 Å². The van der Waals surface area contributed by atoms with Crippen LogP contribution in [0.15, 0.2) is 58.6 Å². The molecule has 1 saturated heterocycles. The average molecular weight is 547 g/mol. The number of halogens is 1. The van der Waals surface area contributed by atoms with Crippen molar-refractivity contribution < 1.29 is 19.1 Å². The molecule has 36 heavy (non-hydrogen) atoms. The van der Waals surface area contributed by atoms with Crippen LogP contribution in [-0.4, -0.2) is 25.0 Å². The number of barbiturate groups is 1. The molecule has 0 atom stereocenters. The number of benzene rings is 3. The first-order valence-electron chi connectivity index (χ1n) is 11.5. The summed E-state index contributed by atoms with van der Waals surface area (Å²) in [5.41, 5.74) is 7.31. The van der Waals surface area contributed by atoms with Crippen LogP contribution in [0.1, 0.15) is 38.9 Å². The molecule has 1 heterocycles. The van der Waals surface area contributed by atoms with Crippen LogP contribution in [0.4, 0.5) is 10.5 Å². The summed E-state index contributed by atoms with van der Waals surface area (Å²) in [5, 5.41) is 2.28. The van der Waals surface area contributed by atoms with Crippen molar-refractivity contribution in [2.75, 3.05) is 12.0 Å². The van der Waals surface area contributed by atoms with Crippen LogP contribution < -0.4 is 15.0 Å². The van der Waals surface area contributed by atoms with Crippen LogP contribution in [0.2, 0.25) is 0 Å². The number of ether oxygens (including phenoxy) is 1. The van der Waals surface area contributed by atoms with E-state index < -0.39 is 17.8 Å². The summed E-state index contributed by atoms with van der Waals surface area (Å²) in [6, 6.07) is 14.5. The minimum atomic E-state index is -0.770. The van der Waals surface area contributed by atoms with Gasteiger partial charge in [0.25, 0.3) is 11.8 Å². The Morgan fingerprint density at radius 1 is 0.917 bits per heavy atom. The van der Waals surface area contributed by atoms with E-state index in [0.29, 0.717) is 23.4 Å². The molecular weight excluding hydrogens is 520 g/mol. The average Bonchev–Trinajstić information content (AvgIpc) is 2.79. The van der Waals surface area contributed by atoms with Crippen LogP contribution in [-0.2, 0) is 16.0 Å². The minimum Gasteiger partial charge on any atom is -0.496 e. The number of urea groups is 1. The second kappa shape index (κ2) is 10.1. The Labute approximate surface area is 219 Å². The topological polar surface area (TPSA) is 75.7 Å². The standard InChI is InChI=1S/C29H27BrN2O4/c1-16-8-17(2)10-20(9-16)12-23-25(30)14-21(15-26(23)36-5)13-24-27(33)31-29(35)32(28(24)34)22-7-6-18(3)19(4)11-22/h6-11,13-15H,12H2,1-5H3,(H,31,33,35)/b24-13+. The van der Waals surface area contributed by atoms with Gasteiger partial charge in [0.1, 0.15) is 11.3 Å². The number of aryl methyl sites for hydroxylation is 4. The van der Waals surface area contributed by atoms with Gasteiger partial charge in [-0.05, 0) is 80.3 Å². The highest BCUT2D eigenvalue weighted by Crippen LogP contribution is 2.33. The first-order valence-corrected chi connectivity index (χ1v) is 12.3. The van der Waals surface area contributed by atoms with Gasteiger partial charge in [-0.1, -0.05) is 51.3 Å². The maximum absolute atomic E-state index is 13.3. The van der Waals surface area contributed by atoms with Crippen LogP contribution in [0, 0.1) is 27.7 Å². The Hall–Kier alpha value is -3.71. The zero-order valence-electron chi connectivity index (χ0n) is 20.9. The number of hydrogen-bond donors (Lipinski definition) is 1. The first-order chi connectivity index (χ1) is 17.1. The molecule has 0 bridgehead atoms. The maximum Gasteiger partial charge on any atom is 0.335 e. The van der Waals surface area contributed by atoms with Gasteiger partial charge in [0.15, 0.2) is 0 Å². The summed E-state index contributed by atoms with van der Waals surface area (Å²) in [5.74, 6) is -0.790. The van der Waals surface area contributed by atoms with E-state index >= 15 is 0 Å². The Balaban J connectivity index is 1.71. The second-order valence-electron chi connectivity index (χ2n) is 9.08. The molecule has 1 aliphatic rings. The molecule has 7 heteroatoms. The molecule has 0 aromatic heterocycles. The number of rotatable bonds is 5. The normalized spacial score (nSPS) is 14.9. The molecule has 0 spiro atoms. The van der Waals surface area contributed by atoms with Gasteiger partial charge < -0.3 is 4.74 Å². The Kier molecular flexibility index (Phi) is 7.13. The van der Waals surface area contributed by atoms with E-state index in [9.17, 15) is 14.4 Å². The molecule has 3 aromatic rings. The van der Waals surface area contributed by atoms with E-state index in [4.69, 9.17) is 4.74 Å². The minimum absolute atomic E-state index is 0.135. The SMILES string of the molecule is COc1cc(/C=C2\C(=O)NC(=O)N(c3ccc(C)c(C)c3)C2=O)cc(Br)c1Cc1cc(C)cc(C)c1. The molecular formula is C29H27BrN2O4. The fourth-order valence-electron chi connectivity index (χ4n) is 4.37. The maximum atomic E-state index is 13.3. The van der Waals surface area contributed by atoms with Gasteiger partial charge in [0.05, 0.1) is 12.8 Å². The number of methoxy groups -OCH3 is 1. The fraction of sp³-hybridized carbons (Fsp3) is 0.207. The molecule has 1 fully saturated rings. The van der Waals surface area contributed by atoms with Gasteiger partial charge in [-0.3, -0.25) is 14.9 Å². The smallest absolute Gasteiger partial charge is 0.335 e. The predicted molar refractivity (Wildman–Crippen MR) is 144 cm³/mol. The number of carbonyl (C=O) groups excluding carboxylic acids is 3. The Morgan fingerprint density at radius 3 is 2.25 bits per heavy atom. The van der Waals surface area contributed by atoms with Gasteiger partial charge in [0.2, 0.25) is 0 Å². The van der Waals surface area contributed by atoms with Crippen molar-refractivity contribution >= 4 is 45.5 Å². The summed E-state index contributed by atoms with van der Waals surface area (Å²) in [4.78, 5) is 39.5. The number of anilines is 1. The highest BCUT2D eigenvalue weighted by Gasteiger charge is 2.37. The van der Waals surface area contributed by atoms with E-state index in [1.807, 2.05) is 26.0 Å². The van der Waals surface area contributed by atoms with E-state index in [0.717, 1.165) is 31.6 Å².